The van der Waals surface area contributed by atoms with E-state index in [2.05, 4.69) is 4.98 Å². The van der Waals surface area contributed by atoms with Crippen LogP contribution in [0.4, 0.5) is 0 Å². The molecule has 1 aromatic heterocycles. The summed E-state index contributed by atoms with van der Waals surface area (Å²) in [5.41, 5.74) is 0. The van der Waals surface area contributed by atoms with E-state index in [1.165, 1.54) is 0 Å². The van der Waals surface area contributed by atoms with Gasteiger partial charge in [-0.3, -0.25) is 9.59 Å². The van der Waals surface area contributed by atoms with Crippen LogP contribution in [0.25, 0.3) is 0 Å². The molecule has 0 spiro atoms. The third-order valence-corrected chi connectivity index (χ3v) is 1.83. The van der Waals surface area contributed by atoms with Gasteiger partial charge in [0.2, 0.25) is 0 Å². The first-order valence-corrected chi connectivity index (χ1v) is 4.85. The molecule has 0 aliphatic carbocycles. The molecule has 1 aromatic rings. The summed E-state index contributed by atoms with van der Waals surface area (Å²) in [7, 11) is 0. The van der Waals surface area contributed by atoms with Crippen LogP contribution in [0.1, 0.15) is 19.8 Å². The van der Waals surface area contributed by atoms with E-state index < -0.39 is 0 Å². The van der Waals surface area contributed by atoms with Crippen molar-refractivity contribution >= 4 is 11.8 Å². The summed E-state index contributed by atoms with van der Waals surface area (Å²) in [4.78, 5) is 26.1. The van der Waals surface area contributed by atoms with E-state index >= 15 is 0 Å². The maximum Gasteiger partial charge on any atom is 0.306 e. The highest BCUT2D eigenvalue weighted by molar-refractivity contribution is 5.82. The highest BCUT2D eigenvalue weighted by Crippen LogP contribution is 1.97. The molecule has 82 valence electrons. The third-order valence-electron chi connectivity index (χ3n) is 1.83. The van der Waals surface area contributed by atoms with Gasteiger partial charge in [-0.2, -0.15) is 0 Å². The minimum Gasteiger partial charge on any atom is -0.466 e. The fourth-order valence-corrected chi connectivity index (χ4v) is 1.14. The van der Waals surface area contributed by atoms with Crippen LogP contribution in [-0.2, 0) is 20.9 Å². The summed E-state index contributed by atoms with van der Waals surface area (Å²) in [5, 5.41) is 0. The first kappa shape index (κ1) is 11.4. The highest BCUT2D eigenvalue weighted by Gasteiger charge is 2.07. The van der Waals surface area contributed by atoms with E-state index in [0.717, 1.165) is 0 Å². The zero-order valence-corrected chi connectivity index (χ0v) is 8.68. The molecular formula is C10H14N2O3. The monoisotopic (exact) mass is 210 g/mol. The quantitative estimate of drug-likeness (QED) is 0.651. The summed E-state index contributed by atoms with van der Waals surface area (Å²) in [6.07, 6.45) is 5.27. The smallest absolute Gasteiger partial charge is 0.306 e. The van der Waals surface area contributed by atoms with E-state index in [1.807, 2.05) is 0 Å². The molecule has 1 heterocycles. The van der Waals surface area contributed by atoms with Gasteiger partial charge in [0.15, 0.2) is 5.78 Å². The fraction of sp³-hybridized carbons (Fsp3) is 0.500. The molecule has 15 heavy (non-hydrogen) atoms. The molecule has 0 saturated heterocycles. The van der Waals surface area contributed by atoms with E-state index in [1.54, 1.807) is 30.2 Å². The summed E-state index contributed by atoms with van der Waals surface area (Å²) in [6.45, 7) is 2.36. The van der Waals surface area contributed by atoms with Gasteiger partial charge in [-0.15, -0.1) is 0 Å². The summed E-state index contributed by atoms with van der Waals surface area (Å²) < 4.78 is 6.39. The van der Waals surface area contributed by atoms with Crippen LogP contribution < -0.4 is 0 Å². The van der Waals surface area contributed by atoms with Gasteiger partial charge >= 0.3 is 5.97 Å². The number of nitrogens with zero attached hydrogens (tertiary/aromatic N) is 2. The summed E-state index contributed by atoms with van der Waals surface area (Å²) in [6, 6.07) is 0. The van der Waals surface area contributed by atoms with Crippen LogP contribution in [0.5, 0.6) is 0 Å². The summed E-state index contributed by atoms with van der Waals surface area (Å²) in [5.74, 6) is -0.322. The Labute approximate surface area is 88.1 Å². The van der Waals surface area contributed by atoms with Crippen LogP contribution >= 0.6 is 0 Å². The van der Waals surface area contributed by atoms with Crippen molar-refractivity contribution in [3.05, 3.63) is 18.7 Å². The maximum atomic E-state index is 11.4. The van der Waals surface area contributed by atoms with Crippen molar-refractivity contribution in [3.8, 4) is 0 Å². The van der Waals surface area contributed by atoms with Crippen molar-refractivity contribution in [2.75, 3.05) is 6.61 Å². The Hall–Kier alpha value is -1.65. The number of imidazole rings is 1. The first-order chi connectivity index (χ1) is 7.22. The van der Waals surface area contributed by atoms with Gasteiger partial charge in [0, 0.05) is 18.8 Å². The van der Waals surface area contributed by atoms with Gasteiger partial charge < -0.3 is 9.30 Å². The van der Waals surface area contributed by atoms with Crippen molar-refractivity contribution in [2.45, 2.75) is 26.3 Å². The van der Waals surface area contributed by atoms with Crippen molar-refractivity contribution in [1.29, 1.82) is 0 Å². The molecular weight excluding hydrogens is 196 g/mol. The second kappa shape index (κ2) is 5.95. The van der Waals surface area contributed by atoms with Gasteiger partial charge in [0.1, 0.15) is 0 Å². The average molecular weight is 210 g/mol. The number of carbonyl (C=O) groups excluding carboxylic acids is 2. The van der Waals surface area contributed by atoms with Crippen molar-refractivity contribution in [2.24, 2.45) is 0 Å². The zero-order valence-electron chi connectivity index (χ0n) is 8.68. The molecule has 5 heteroatoms. The number of aromatic nitrogens is 2. The van der Waals surface area contributed by atoms with Crippen molar-refractivity contribution < 1.29 is 14.3 Å². The lowest BCUT2D eigenvalue weighted by Gasteiger charge is -2.02. The van der Waals surface area contributed by atoms with Crippen molar-refractivity contribution in [3.63, 3.8) is 0 Å². The molecule has 0 amide bonds. The Bertz CT molecular complexity index is 319. The highest BCUT2D eigenvalue weighted by atomic mass is 16.5. The number of ether oxygens (including phenoxy) is 1. The number of hydrogen-bond acceptors (Lipinski definition) is 4. The number of rotatable bonds is 6. The normalized spacial score (nSPS) is 9.93. The van der Waals surface area contributed by atoms with Crippen LogP contribution in [0, 0.1) is 0 Å². The molecule has 0 bridgehead atoms. The lowest BCUT2D eigenvalue weighted by Crippen LogP contribution is -2.12. The van der Waals surface area contributed by atoms with Crippen LogP contribution in [0.2, 0.25) is 0 Å². The van der Waals surface area contributed by atoms with Gasteiger partial charge in [-0.25, -0.2) is 4.98 Å². The number of hydrogen-bond donors (Lipinski definition) is 0. The topological polar surface area (TPSA) is 61.2 Å². The minimum atomic E-state index is -0.323. The Morgan fingerprint density at radius 1 is 1.40 bits per heavy atom. The summed E-state index contributed by atoms with van der Waals surface area (Å²) >= 11 is 0. The second-order valence-electron chi connectivity index (χ2n) is 3.08. The first-order valence-electron chi connectivity index (χ1n) is 4.85. The van der Waals surface area contributed by atoms with E-state index in [9.17, 15) is 9.59 Å². The predicted octanol–water partition coefficient (Wildman–Crippen LogP) is 0.795. The SMILES string of the molecule is CCOC(=O)CCC(=O)Cn1ccnc1. The minimum absolute atomic E-state index is 0.000975. The fourth-order valence-electron chi connectivity index (χ4n) is 1.14. The van der Waals surface area contributed by atoms with E-state index in [0.29, 0.717) is 6.61 Å². The third kappa shape index (κ3) is 4.39. The van der Waals surface area contributed by atoms with Gasteiger partial charge in [0.05, 0.1) is 25.9 Å². The lowest BCUT2D eigenvalue weighted by molar-refractivity contribution is -0.144. The Kier molecular flexibility index (Phi) is 4.53. The second-order valence-corrected chi connectivity index (χ2v) is 3.08. The Morgan fingerprint density at radius 2 is 2.20 bits per heavy atom. The molecule has 0 radical (unpaired) electrons. The molecule has 5 nitrogen and oxygen atoms in total. The molecule has 0 unspecified atom stereocenters. The predicted molar refractivity (Wildman–Crippen MR) is 53.1 cm³/mol. The van der Waals surface area contributed by atoms with E-state index in [-0.39, 0.29) is 31.1 Å². The van der Waals surface area contributed by atoms with Gasteiger partial charge in [-0.05, 0) is 6.92 Å². The molecule has 0 N–H and O–H groups in total. The van der Waals surface area contributed by atoms with Crippen LogP contribution in [0.15, 0.2) is 18.7 Å². The standard InChI is InChI=1S/C10H14N2O3/c1-2-15-10(14)4-3-9(13)7-12-6-5-11-8-12/h5-6,8H,2-4,7H2,1H3. The number of esters is 1. The molecule has 0 aliphatic rings. The van der Waals surface area contributed by atoms with Crippen LogP contribution in [-0.4, -0.2) is 27.9 Å². The number of ketones is 1. The van der Waals surface area contributed by atoms with E-state index in [4.69, 9.17) is 4.74 Å². The maximum absolute atomic E-state index is 11.4. The molecule has 0 aliphatic heterocycles. The van der Waals surface area contributed by atoms with Crippen molar-refractivity contribution in [1.82, 2.24) is 9.55 Å². The molecule has 0 aromatic carbocycles. The largest absolute Gasteiger partial charge is 0.466 e. The lowest BCUT2D eigenvalue weighted by atomic mass is 10.2. The Morgan fingerprint density at radius 3 is 2.80 bits per heavy atom. The number of carbonyl (C=O) groups is 2. The molecule has 0 atom stereocenters. The van der Waals surface area contributed by atoms with Crippen LogP contribution in [0.3, 0.4) is 0 Å². The zero-order chi connectivity index (χ0) is 11.1. The number of Topliss-reactive ketones (excluding diaryl/α,β-unsaturated/α-hetero) is 1. The van der Waals surface area contributed by atoms with Gasteiger partial charge in [-0.1, -0.05) is 0 Å². The average Bonchev–Trinajstić information content (AvgIpc) is 2.68. The molecule has 0 fully saturated rings. The van der Waals surface area contributed by atoms with Gasteiger partial charge in [0.25, 0.3) is 0 Å². The molecule has 0 saturated carbocycles. The molecule has 1 rings (SSSR count). The Balaban J connectivity index is 2.22.